The van der Waals surface area contributed by atoms with Gasteiger partial charge < -0.3 is 20.1 Å². The molecule has 0 spiro atoms. The SMILES string of the molecule is CCCC(=O)Nc1cccc(CNC(=O)c2ccc(-c3ccc4c(c3)OCCO4)s2)c1. The Bertz CT molecular complexity index is 1090. The maximum atomic E-state index is 12.6. The van der Waals surface area contributed by atoms with Gasteiger partial charge in [-0.3, -0.25) is 9.59 Å². The third-order valence-electron chi connectivity index (χ3n) is 4.80. The normalized spacial score (nSPS) is 12.3. The first kappa shape index (κ1) is 20.9. The minimum atomic E-state index is -0.130. The molecule has 1 aromatic heterocycles. The number of nitrogens with one attached hydrogen (secondary N) is 2. The molecule has 31 heavy (non-hydrogen) atoms. The molecule has 2 amide bonds. The van der Waals surface area contributed by atoms with Crippen molar-refractivity contribution in [3.05, 3.63) is 65.0 Å². The van der Waals surface area contributed by atoms with Crippen LogP contribution in [0.2, 0.25) is 0 Å². The average molecular weight is 437 g/mol. The van der Waals surface area contributed by atoms with Crippen molar-refractivity contribution in [2.45, 2.75) is 26.3 Å². The van der Waals surface area contributed by atoms with Crippen LogP contribution in [0.4, 0.5) is 5.69 Å². The molecule has 0 fully saturated rings. The minimum Gasteiger partial charge on any atom is -0.486 e. The zero-order chi connectivity index (χ0) is 21.6. The maximum absolute atomic E-state index is 12.6. The molecule has 2 N–H and O–H groups in total. The average Bonchev–Trinajstić information content (AvgIpc) is 3.28. The summed E-state index contributed by atoms with van der Waals surface area (Å²) in [5.74, 6) is 1.34. The molecule has 7 heteroatoms. The van der Waals surface area contributed by atoms with Gasteiger partial charge in [-0.05, 0) is 60.0 Å². The Kier molecular flexibility index (Phi) is 6.52. The van der Waals surface area contributed by atoms with E-state index < -0.39 is 0 Å². The summed E-state index contributed by atoms with van der Waals surface area (Å²) in [6.45, 7) is 3.45. The molecule has 6 nitrogen and oxygen atoms in total. The highest BCUT2D eigenvalue weighted by molar-refractivity contribution is 7.17. The number of carbonyl (C=O) groups is 2. The van der Waals surface area contributed by atoms with Gasteiger partial charge in [0.25, 0.3) is 5.91 Å². The van der Waals surface area contributed by atoms with Crippen LogP contribution in [0.3, 0.4) is 0 Å². The Balaban J connectivity index is 1.38. The van der Waals surface area contributed by atoms with Gasteiger partial charge in [-0.1, -0.05) is 19.1 Å². The number of ether oxygens (including phenoxy) is 2. The fraction of sp³-hybridized carbons (Fsp3) is 0.250. The van der Waals surface area contributed by atoms with Crippen LogP contribution in [0.1, 0.15) is 35.0 Å². The Morgan fingerprint density at radius 3 is 2.68 bits per heavy atom. The summed E-state index contributed by atoms with van der Waals surface area (Å²) < 4.78 is 11.2. The van der Waals surface area contributed by atoms with Crippen LogP contribution in [-0.4, -0.2) is 25.0 Å². The molecule has 0 aliphatic carbocycles. The lowest BCUT2D eigenvalue weighted by Crippen LogP contribution is -2.21. The fourth-order valence-corrected chi connectivity index (χ4v) is 4.21. The fourth-order valence-electron chi connectivity index (χ4n) is 3.29. The summed E-state index contributed by atoms with van der Waals surface area (Å²) in [5.41, 5.74) is 2.65. The second-order valence-corrected chi connectivity index (χ2v) is 8.29. The Hall–Kier alpha value is -3.32. The minimum absolute atomic E-state index is 0.00561. The molecule has 0 saturated heterocycles. The first-order chi connectivity index (χ1) is 15.1. The number of carbonyl (C=O) groups excluding carboxylic acids is 2. The van der Waals surface area contributed by atoms with Crippen LogP contribution in [0.25, 0.3) is 10.4 Å². The Morgan fingerprint density at radius 1 is 1.00 bits per heavy atom. The molecule has 0 saturated carbocycles. The van der Waals surface area contributed by atoms with Gasteiger partial charge in [0.15, 0.2) is 11.5 Å². The molecule has 0 radical (unpaired) electrons. The lowest BCUT2D eigenvalue weighted by molar-refractivity contribution is -0.116. The van der Waals surface area contributed by atoms with Gasteiger partial charge in [0.1, 0.15) is 13.2 Å². The van der Waals surface area contributed by atoms with Crippen molar-refractivity contribution < 1.29 is 19.1 Å². The highest BCUT2D eigenvalue weighted by Crippen LogP contribution is 2.36. The second kappa shape index (κ2) is 9.66. The van der Waals surface area contributed by atoms with Crippen LogP contribution in [0, 0.1) is 0 Å². The zero-order valence-corrected chi connectivity index (χ0v) is 18.1. The zero-order valence-electron chi connectivity index (χ0n) is 17.3. The van der Waals surface area contributed by atoms with Crippen LogP contribution in [-0.2, 0) is 11.3 Å². The van der Waals surface area contributed by atoms with Crippen molar-refractivity contribution >= 4 is 28.8 Å². The van der Waals surface area contributed by atoms with E-state index in [2.05, 4.69) is 10.6 Å². The smallest absolute Gasteiger partial charge is 0.261 e. The van der Waals surface area contributed by atoms with Crippen molar-refractivity contribution in [3.63, 3.8) is 0 Å². The number of thiophene rings is 1. The third kappa shape index (κ3) is 5.24. The van der Waals surface area contributed by atoms with E-state index in [-0.39, 0.29) is 11.8 Å². The quantitative estimate of drug-likeness (QED) is 0.555. The van der Waals surface area contributed by atoms with Gasteiger partial charge in [0, 0.05) is 23.5 Å². The summed E-state index contributed by atoms with van der Waals surface area (Å²) in [6, 6.07) is 17.1. The first-order valence-corrected chi connectivity index (χ1v) is 11.1. The molecule has 160 valence electrons. The standard InChI is InChI=1S/C24H24N2O4S/c1-2-4-23(27)26-18-6-3-5-16(13-18)15-25-24(28)22-10-9-21(31-22)17-7-8-19-20(14-17)30-12-11-29-19/h3,5-10,13-14H,2,4,11-12,15H2,1H3,(H,25,28)(H,26,27). The van der Waals surface area contributed by atoms with Gasteiger partial charge in [-0.25, -0.2) is 0 Å². The van der Waals surface area contributed by atoms with Crippen LogP contribution >= 0.6 is 11.3 Å². The summed E-state index contributed by atoms with van der Waals surface area (Å²) in [6.07, 6.45) is 1.29. The van der Waals surface area contributed by atoms with Crippen molar-refractivity contribution in [2.75, 3.05) is 18.5 Å². The molecule has 1 aliphatic heterocycles. The van der Waals surface area contributed by atoms with Gasteiger partial charge in [0.05, 0.1) is 4.88 Å². The molecule has 3 aromatic rings. The van der Waals surface area contributed by atoms with Crippen molar-refractivity contribution in [1.29, 1.82) is 0 Å². The molecule has 0 bridgehead atoms. The highest BCUT2D eigenvalue weighted by atomic mass is 32.1. The van der Waals surface area contributed by atoms with Gasteiger partial charge in [-0.2, -0.15) is 0 Å². The maximum Gasteiger partial charge on any atom is 0.261 e. The molecular formula is C24H24N2O4S. The van der Waals surface area contributed by atoms with E-state index in [1.807, 2.05) is 61.5 Å². The number of rotatable bonds is 7. The van der Waals surface area contributed by atoms with Crippen LogP contribution in [0.5, 0.6) is 11.5 Å². The second-order valence-electron chi connectivity index (χ2n) is 7.20. The van der Waals surface area contributed by atoms with E-state index in [4.69, 9.17) is 9.47 Å². The Labute approximate surface area is 185 Å². The number of benzene rings is 2. The van der Waals surface area contributed by atoms with Crippen molar-refractivity contribution in [3.8, 4) is 21.9 Å². The monoisotopic (exact) mass is 436 g/mol. The molecule has 2 heterocycles. The number of anilines is 1. The lowest BCUT2D eigenvalue weighted by atomic mass is 10.1. The van der Waals surface area contributed by atoms with Gasteiger partial charge in [-0.15, -0.1) is 11.3 Å². The Morgan fingerprint density at radius 2 is 1.84 bits per heavy atom. The molecule has 4 rings (SSSR count). The highest BCUT2D eigenvalue weighted by Gasteiger charge is 2.15. The predicted octanol–water partition coefficient (Wildman–Crippen LogP) is 4.85. The molecule has 0 unspecified atom stereocenters. The number of hydrogen-bond donors (Lipinski definition) is 2. The summed E-state index contributed by atoms with van der Waals surface area (Å²) in [5, 5.41) is 5.83. The topological polar surface area (TPSA) is 76.7 Å². The molecular weight excluding hydrogens is 412 g/mol. The summed E-state index contributed by atoms with van der Waals surface area (Å²) in [4.78, 5) is 26.0. The van der Waals surface area contributed by atoms with E-state index in [0.29, 0.717) is 31.1 Å². The molecule has 1 aliphatic rings. The van der Waals surface area contributed by atoms with E-state index in [1.54, 1.807) is 0 Å². The molecule has 0 atom stereocenters. The van der Waals surface area contributed by atoms with Gasteiger partial charge >= 0.3 is 0 Å². The van der Waals surface area contributed by atoms with Gasteiger partial charge in [0.2, 0.25) is 5.91 Å². The summed E-state index contributed by atoms with van der Waals surface area (Å²) >= 11 is 1.43. The van der Waals surface area contributed by atoms with E-state index in [9.17, 15) is 9.59 Å². The van der Waals surface area contributed by atoms with E-state index in [1.165, 1.54) is 11.3 Å². The van der Waals surface area contributed by atoms with E-state index in [0.717, 1.165) is 39.6 Å². The van der Waals surface area contributed by atoms with Crippen LogP contribution in [0.15, 0.2) is 54.6 Å². The number of hydrogen-bond acceptors (Lipinski definition) is 5. The molecule has 2 aromatic carbocycles. The number of amides is 2. The number of fused-ring (bicyclic) bond motifs is 1. The predicted molar refractivity (Wildman–Crippen MR) is 122 cm³/mol. The largest absolute Gasteiger partial charge is 0.486 e. The van der Waals surface area contributed by atoms with Crippen molar-refractivity contribution in [2.24, 2.45) is 0 Å². The lowest BCUT2D eigenvalue weighted by Gasteiger charge is -2.18. The summed E-state index contributed by atoms with van der Waals surface area (Å²) in [7, 11) is 0. The first-order valence-electron chi connectivity index (χ1n) is 10.3. The van der Waals surface area contributed by atoms with E-state index >= 15 is 0 Å². The van der Waals surface area contributed by atoms with Crippen molar-refractivity contribution in [1.82, 2.24) is 5.32 Å². The van der Waals surface area contributed by atoms with Crippen LogP contribution < -0.4 is 20.1 Å². The third-order valence-corrected chi connectivity index (χ3v) is 5.93.